The zero-order chi connectivity index (χ0) is 20.2. The minimum Gasteiger partial charge on any atom is -0.460 e. The average Bonchev–Trinajstić information content (AvgIpc) is 2.60. The Morgan fingerprint density at radius 3 is 2.26 bits per heavy atom. The normalized spacial score (nSPS) is 12.9. The summed E-state index contributed by atoms with van der Waals surface area (Å²) in [5, 5.41) is 0. The number of rotatable bonds is 7. The van der Waals surface area contributed by atoms with E-state index in [4.69, 9.17) is 4.74 Å². The molecule has 0 aliphatic heterocycles. The van der Waals surface area contributed by atoms with Gasteiger partial charge in [-0.25, -0.2) is 4.98 Å². The summed E-state index contributed by atoms with van der Waals surface area (Å²) in [5.74, 6) is 0.278. The van der Waals surface area contributed by atoms with Gasteiger partial charge in [-0.1, -0.05) is 32.9 Å². The van der Waals surface area contributed by atoms with Crippen LogP contribution in [0.1, 0.15) is 45.2 Å². The number of aromatic nitrogens is 2. The van der Waals surface area contributed by atoms with Gasteiger partial charge in [0.05, 0.1) is 6.10 Å². The molecule has 4 nitrogen and oxygen atoms in total. The second-order valence-electron chi connectivity index (χ2n) is 7.05. The zero-order valence-electron chi connectivity index (χ0n) is 16.3. The van der Waals surface area contributed by atoms with Gasteiger partial charge in [0.1, 0.15) is 5.56 Å². The third kappa shape index (κ3) is 5.58. The smallest absolute Gasteiger partial charge is 0.421 e. The second kappa shape index (κ2) is 8.59. The maximum absolute atomic E-state index is 13.4. The fourth-order valence-corrected chi connectivity index (χ4v) is 2.58. The first-order valence-electron chi connectivity index (χ1n) is 9.05. The molecule has 1 atom stereocenters. The van der Waals surface area contributed by atoms with Crippen molar-refractivity contribution in [3.63, 3.8) is 0 Å². The first kappa shape index (κ1) is 21.0. The van der Waals surface area contributed by atoms with Gasteiger partial charge in [0.15, 0.2) is 5.82 Å². The summed E-state index contributed by atoms with van der Waals surface area (Å²) in [5.41, 5.74) is 0.857. The van der Waals surface area contributed by atoms with Gasteiger partial charge in [0.25, 0.3) is 0 Å². The molecule has 0 saturated carbocycles. The van der Waals surface area contributed by atoms with Crippen molar-refractivity contribution in [3.05, 3.63) is 41.6 Å². The highest BCUT2D eigenvalue weighted by molar-refractivity contribution is 5.63. The first-order chi connectivity index (χ1) is 12.6. The Balaban J connectivity index is 2.39. The third-order valence-corrected chi connectivity index (χ3v) is 4.22. The summed E-state index contributed by atoms with van der Waals surface area (Å²) < 4.78 is 45.8. The van der Waals surface area contributed by atoms with Crippen LogP contribution >= 0.6 is 0 Å². The zero-order valence-corrected chi connectivity index (χ0v) is 16.3. The van der Waals surface area contributed by atoms with E-state index in [-0.39, 0.29) is 17.9 Å². The second-order valence-corrected chi connectivity index (χ2v) is 7.05. The van der Waals surface area contributed by atoms with Gasteiger partial charge >= 0.3 is 12.2 Å². The highest BCUT2D eigenvalue weighted by Crippen LogP contribution is 2.37. The van der Waals surface area contributed by atoms with E-state index in [9.17, 15) is 13.2 Å². The molecule has 0 bridgehead atoms. The van der Waals surface area contributed by atoms with Crippen molar-refractivity contribution in [3.8, 4) is 6.01 Å². The van der Waals surface area contributed by atoms with E-state index in [0.717, 1.165) is 18.2 Å². The van der Waals surface area contributed by atoms with Gasteiger partial charge in [0, 0.05) is 18.9 Å². The maximum Gasteiger partial charge on any atom is 0.421 e. The van der Waals surface area contributed by atoms with Gasteiger partial charge in [-0.3, -0.25) is 0 Å². The molecule has 1 aromatic carbocycles. The predicted molar refractivity (Wildman–Crippen MR) is 100 cm³/mol. The van der Waals surface area contributed by atoms with Crippen molar-refractivity contribution in [2.24, 2.45) is 5.92 Å². The van der Waals surface area contributed by atoms with Crippen LogP contribution in [-0.2, 0) is 12.6 Å². The Labute approximate surface area is 158 Å². The SMILES string of the molecule is CCC(C)Oc1ncc(C(F)(F)F)c(N(C)c2ccc(CC(C)C)cc2)n1. The number of benzene rings is 1. The van der Waals surface area contributed by atoms with Crippen LogP contribution in [0.3, 0.4) is 0 Å². The van der Waals surface area contributed by atoms with E-state index in [1.807, 2.05) is 26.0 Å². The van der Waals surface area contributed by atoms with Gasteiger partial charge in [-0.05, 0) is 43.4 Å². The van der Waals surface area contributed by atoms with Crippen molar-refractivity contribution < 1.29 is 17.9 Å². The summed E-state index contributed by atoms with van der Waals surface area (Å²) in [7, 11) is 1.56. The number of ether oxygens (including phenoxy) is 1. The molecule has 0 aliphatic carbocycles. The minimum absolute atomic E-state index is 0.0596. The van der Waals surface area contributed by atoms with Crippen LogP contribution in [0.4, 0.5) is 24.7 Å². The van der Waals surface area contributed by atoms with Crippen LogP contribution in [0.2, 0.25) is 0 Å². The third-order valence-electron chi connectivity index (χ3n) is 4.22. The molecule has 0 aliphatic rings. The lowest BCUT2D eigenvalue weighted by molar-refractivity contribution is -0.137. The van der Waals surface area contributed by atoms with Crippen molar-refractivity contribution in [1.82, 2.24) is 9.97 Å². The molecule has 2 aromatic rings. The molecule has 1 unspecified atom stereocenters. The van der Waals surface area contributed by atoms with Gasteiger partial charge in [-0.15, -0.1) is 0 Å². The van der Waals surface area contributed by atoms with Gasteiger partial charge in [0.2, 0.25) is 0 Å². The fraction of sp³-hybridized carbons (Fsp3) is 0.500. The monoisotopic (exact) mass is 381 g/mol. The molecular formula is C20H26F3N3O. The molecule has 0 amide bonds. The highest BCUT2D eigenvalue weighted by atomic mass is 19.4. The number of anilines is 2. The van der Waals surface area contributed by atoms with E-state index in [0.29, 0.717) is 18.0 Å². The number of nitrogens with zero attached hydrogens (tertiary/aromatic N) is 3. The van der Waals surface area contributed by atoms with Crippen LogP contribution in [0, 0.1) is 5.92 Å². The van der Waals surface area contributed by atoms with Crippen LogP contribution in [0.25, 0.3) is 0 Å². The topological polar surface area (TPSA) is 38.2 Å². The molecular weight excluding hydrogens is 355 g/mol. The van der Waals surface area contributed by atoms with Gasteiger partial charge < -0.3 is 9.64 Å². The number of halogens is 3. The lowest BCUT2D eigenvalue weighted by Gasteiger charge is -2.23. The van der Waals surface area contributed by atoms with Gasteiger partial charge in [-0.2, -0.15) is 18.2 Å². The molecule has 27 heavy (non-hydrogen) atoms. The lowest BCUT2D eigenvalue weighted by atomic mass is 10.0. The van der Waals surface area contributed by atoms with E-state index >= 15 is 0 Å². The predicted octanol–water partition coefficient (Wildman–Crippen LogP) is 5.64. The van der Waals surface area contributed by atoms with E-state index in [1.165, 1.54) is 4.90 Å². The van der Waals surface area contributed by atoms with Crippen molar-refractivity contribution in [1.29, 1.82) is 0 Å². The summed E-state index contributed by atoms with van der Waals surface area (Å²) in [6.45, 7) is 7.98. The molecule has 0 radical (unpaired) electrons. The standard InChI is InChI=1S/C20H26F3N3O/c1-6-14(4)27-19-24-12-17(20(21,22)23)18(25-19)26(5)16-9-7-15(8-10-16)11-13(2)3/h7-10,12-14H,6,11H2,1-5H3. The summed E-state index contributed by atoms with van der Waals surface area (Å²) in [4.78, 5) is 9.19. The van der Waals surface area contributed by atoms with E-state index < -0.39 is 11.7 Å². The Kier molecular flexibility index (Phi) is 6.68. The molecule has 0 N–H and O–H groups in total. The summed E-state index contributed by atoms with van der Waals surface area (Å²) >= 11 is 0. The Morgan fingerprint density at radius 1 is 1.11 bits per heavy atom. The fourth-order valence-electron chi connectivity index (χ4n) is 2.58. The quantitative estimate of drug-likeness (QED) is 0.622. The summed E-state index contributed by atoms with van der Waals surface area (Å²) in [6.07, 6.45) is -2.35. The number of hydrogen-bond acceptors (Lipinski definition) is 4. The van der Waals surface area contributed by atoms with Crippen LogP contribution in [0.15, 0.2) is 30.5 Å². The maximum atomic E-state index is 13.4. The molecule has 0 spiro atoms. The lowest BCUT2D eigenvalue weighted by Crippen LogP contribution is -2.20. The number of hydrogen-bond donors (Lipinski definition) is 0. The van der Waals surface area contributed by atoms with E-state index in [1.54, 1.807) is 19.2 Å². The molecule has 2 rings (SSSR count). The minimum atomic E-state index is -4.56. The molecule has 1 aromatic heterocycles. The largest absolute Gasteiger partial charge is 0.460 e. The Morgan fingerprint density at radius 2 is 1.74 bits per heavy atom. The summed E-state index contributed by atoms with van der Waals surface area (Å²) in [6, 6.07) is 7.40. The van der Waals surface area contributed by atoms with Crippen LogP contribution in [-0.4, -0.2) is 23.1 Å². The molecule has 1 heterocycles. The Hall–Kier alpha value is -2.31. The highest BCUT2D eigenvalue weighted by Gasteiger charge is 2.36. The molecule has 0 fully saturated rings. The van der Waals surface area contributed by atoms with Crippen molar-refractivity contribution in [2.75, 3.05) is 11.9 Å². The van der Waals surface area contributed by atoms with Crippen molar-refractivity contribution in [2.45, 2.75) is 52.8 Å². The molecule has 0 saturated heterocycles. The Bertz CT molecular complexity index is 745. The first-order valence-corrected chi connectivity index (χ1v) is 9.05. The van der Waals surface area contributed by atoms with E-state index in [2.05, 4.69) is 23.8 Å². The molecule has 7 heteroatoms. The average molecular weight is 381 g/mol. The molecule has 148 valence electrons. The number of alkyl halides is 3. The van der Waals surface area contributed by atoms with Crippen molar-refractivity contribution >= 4 is 11.5 Å². The van der Waals surface area contributed by atoms with Crippen LogP contribution in [0.5, 0.6) is 6.01 Å². The van der Waals surface area contributed by atoms with Crippen LogP contribution < -0.4 is 9.64 Å².